The van der Waals surface area contributed by atoms with E-state index in [1.807, 2.05) is 73.7 Å². The second-order valence-electron chi connectivity index (χ2n) is 9.90. The molecule has 1 atom stereocenters. The highest BCUT2D eigenvalue weighted by atomic mass is 32.1. The van der Waals surface area contributed by atoms with Crippen LogP contribution in [0.2, 0.25) is 0 Å². The highest BCUT2D eigenvalue weighted by molar-refractivity contribution is 7.07. The number of piperidine rings is 1. The summed E-state index contributed by atoms with van der Waals surface area (Å²) in [5.74, 6) is 1.82. The van der Waals surface area contributed by atoms with Crippen LogP contribution in [-0.4, -0.2) is 30.7 Å². The Hall–Kier alpha value is -4.37. The van der Waals surface area contributed by atoms with Crippen molar-refractivity contribution in [1.29, 1.82) is 0 Å². The van der Waals surface area contributed by atoms with E-state index >= 15 is 0 Å². The van der Waals surface area contributed by atoms with Gasteiger partial charge in [0.05, 0.1) is 29.0 Å². The molecular formula is C31H30N4O4S. The van der Waals surface area contributed by atoms with Gasteiger partial charge in [-0.3, -0.25) is 14.2 Å². The Kier molecular flexibility index (Phi) is 7.13. The summed E-state index contributed by atoms with van der Waals surface area (Å²) in [6.07, 6.45) is 5.32. The van der Waals surface area contributed by atoms with Crippen LogP contribution in [0.1, 0.15) is 43.6 Å². The van der Waals surface area contributed by atoms with Crippen molar-refractivity contribution in [2.45, 2.75) is 32.2 Å². The Morgan fingerprint density at radius 2 is 1.80 bits per heavy atom. The van der Waals surface area contributed by atoms with Gasteiger partial charge in [0, 0.05) is 30.9 Å². The van der Waals surface area contributed by atoms with Crippen molar-refractivity contribution in [2.75, 3.05) is 30.4 Å². The van der Waals surface area contributed by atoms with E-state index in [1.165, 1.54) is 17.8 Å². The van der Waals surface area contributed by atoms with Crippen LogP contribution < -0.4 is 29.8 Å². The average molecular weight is 555 g/mol. The number of carbonyl (C=O) groups excluding carboxylic acids is 1. The predicted octanol–water partition coefficient (Wildman–Crippen LogP) is 4.47. The molecule has 9 heteroatoms. The van der Waals surface area contributed by atoms with E-state index in [1.54, 1.807) is 17.8 Å². The average Bonchev–Trinajstić information content (AvgIpc) is 3.57. The molecule has 4 aromatic rings. The fourth-order valence-corrected chi connectivity index (χ4v) is 6.29. The number of amides is 1. The molecule has 204 valence electrons. The maximum Gasteiger partial charge on any atom is 0.271 e. The van der Waals surface area contributed by atoms with Crippen LogP contribution in [0, 0.1) is 0 Å². The number of ether oxygens (including phenoxy) is 1. The van der Waals surface area contributed by atoms with E-state index in [9.17, 15) is 9.59 Å². The van der Waals surface area contributed by atoms with Gasteiger partial charge in [0.25, 0.3) is 11.5 Å². The van der Waals surface area contributed by atoms with Crippen LogP contribution in [0.4, 0.5) is 11.6 Å². The number of hydrogen-bond acceptors (Lipinski definition) is 7. The molecule has 1 N–H and O–H groups in total. The quantitative estimate of drug-likeness (QED) is 0.380. The SMILES string of the molecule is COc1ccc(C2C(C(=O)Nc3ccccc3)=C(C)N=c3s/c(=C/c4ccc(N5CCCCC5)o4)c(=O)n32)cc1. The molecule has 40 heavy (non-hydrogen) atoms. The molecule has 2 aromatic heterocycles. The van der Waals surface area contributed by atoms with Crippen molar-refractivity contribution in [3.05, 3.63) is 109 Å². The molecule has 1 saturated heterocycles. The van der Waals surface area contributed by atoms with Crippen molar-refractivity contribution in [1.82, 2.24) is 4.57 Å². The van der Waals surface area contributed by atoms with Crippen molar-refractivity contribution in [3.8, 4) is 5.75 Å². The number of carbonyl (C=O) groups is 1. The molecule has 0 bridgehead atoms. The van der Waals surface area contributed by atoms with Gasteiger partial charge in [0.1, 0.15) is 11.5 Å². The maximum atomic E-state index is 13.9. The summed E-state index contributed by atoms with van der Waals surface area (Å²) in [6, 6.07) is 19.9. The van der Waals surface area contributed by atoms with E-state index in [0.29, 0.717) is 37.8 Å². The smallest absolute Gasteiger partial charge is 0.271 e. The summed E-state index contributed by atoms with van der Waals surface area (Å²) in [7, 11) is 1.60. The first kappa shape index (κ1) is 25.9. The van der Waals surface area contributed by atoms with Crippen molar-refractivity contribution < 1.29 is 13.9 Å². The van der Waals surface area contributed by atoms with Crippen LogP contribution in [0.5, 0.6) is 5.75 Å². The summed E-state index contributed by atoms with van der Waals surface area (Å²) >= 11 is 1.29. The monoisotopic (exact) mass is 554 g/mol. The van der Waals surface area contributed by atoms with Gasteiger partial charge < -0.3 is 19.4 Å². The van der Waals surface area contributed by atoms with Gasteiger partial charge in [0.15, 0.2) is 10.7 Å². The molecule has 0 saturated carbocycles. The zero-order chi connectivity index (χ0) is 27.6. The van der Waals surface area contributed by atoms with Crippen LogP contribution in [0.25, 0.3) is 6.08 Å². The van der Waals surface area contributed by atoms with Gasteiger partial charge in [-0.15, -0.1) is 0 Å². The zero-order valence-electron chi connectivity index (χ0n) is 22.4. The highest BCUT2D eigenvalue weighted by Gasteiger charge is 2.32. The lowest BCUT2D eigenvalue weighted by Gasteiger charge is -2.25. The Balaban J connectivity index is 1.43. The Labute approximate surface area is 235 Å². The van der Waals surface area contributed by atoms with E-state index in [-0.39, 0.29) is 11.5 Å². The van der Waals surface area contributed by atoms with Gasteiger partial charge in [-0.05, 0) is 62.1 Å². The number of thiazole rings is 1. The highest BCUT2D eigenvalue weighted by Crippen LogP contribution is 2.32. The number of aromatic nitrogens is 1. The molecule has 2 aliphatic heterocycles. The number of allylic oxidation sites excluding steroid dienone is 1. The topological polar surface area (TPSA) is 89.1 Å². The molecule has 2 aromatic carbocycles. The number of para-hydroxylation sites is 1. The van der Waals surface area contributed by atoms with Gasteiger partial charge in [0.2, 0.25) is 0 Å². The minimum absolute atomic E-state index is 0.224. The molecule has 0 spiro atoms. The summed E-state index contributed by atoms with van der Waals surface area (Å²) in [5, 5.41) is 2.97. The number of fused-ring (bicyclic) bond motifs is 1. The number of rotatable bonds is 6. The zero-order valence-corrected chi connectivity index (χ0v) is 23.2. The molecule has 4 heterocycles. The normalized spacial score (nSPS) is 17.4. The summed E-state index contributed by atoms with van der Waals surface area (Å²) in [4.78, 5) is 35.1. The van der Waals surface area contributed by atoms with Gasteiger partial charge in [-0.25, -0.2) is 4.99 Å². The van der Waals surface area contributed by atoms with Gasteiger partial charge >= 0.3 is 0 Å². The van der Waals surface area contributed by atoms with Crippen molar-refractivity contribution in [3.63, 3.8) is 0 Å². The van der Waals surface area contributed by atoms with E-state index in [4.69, 9.17) is 14.1 Å². The predicted molar refractivity (Wildman–Crippen MR) is 157 cm³/mol. The molecular weight excluding hydrogens is 524 g/mol. The molecule has 0 aliphatic carbocycles. The second kappa shape index (κ2) is 11.0. The van der Waals surface area contributed by atoms with Gasteiger partial charge in [-0.1, -0.05) is 41.7 Å². The Morgan fingerprint density at radius 1 is 1.05 bits per heavy atom. The molecule has 1 unspecified atom stereocenters. The third-order valence-electron chi connectivity index (χ3n) is 7.28. The summed E-state index contributed by atoms with van der Waals surface area (Å²) < 4.78 is 13.6. The number of nitrogens with one attached hydrogen (secondary N) is 1. The first-order chi connectivity index (χ1) is 19.5. The Bertz CT molecular complexity index is 1740. The third-order valence-corrected chi connectivity index (χ3v) is 8.27. The number of anilines is 2. The molecule has 1 fully saturated rings. The first-order valence-corrected chi connectivity index (χ1v) is 14.2. The molecule has 1 amide bonds. The largest absolute Gasteiger partial charge is 0.497 e. The number of benzene rings is 2. The van der Waals surface area contributed by atoms with Crippen molar-refractivity contribution in [2.24, 2.45) is 4.99 Å². The first-order valence-electron chi connectivity index (χ1n) is 13.4. The maximum absolute atomic E-state index is 13.9. The van der Waals surface area contributed by atoms with Crippen LogP contribution >= 0.6 is 11.3 Å². The Morgan fingerprint density at radius 3 is 2.52 bits per heavy atom. The lowest BCUT2D eigenvalue weighted by molar-refractivity contribution is -0.113. The number of furan rings is 1. The lowest BCUT2D eigenvalue weighted by atomic mass is 9.95. The fraction of sp³-hybridized carbons (Fsp3) is 0.258. The van der Waals surface area contributed by atoms with Crippen molar-refractivity contribution >= 4 is 34.9 Å². The molecule has 8 nitrogen and oxygen atoms in total. The number of hydrogen-bond donors (Lipinski definition) is 1. The van der Waals surface area contributed by atoms with Crippen LogP contribution in [0.3, 0.4) is 0 Å². The molecule has 2 aliphatic rings. The van der Waals surface area contributed by atoms with E-state index in [2.05, 4.69) is 10.2 Å². The standard InChI is InChI=1S/C31H30N4O4S/c1-20-27(29(36)33-22-9-5-3-6-10-22)28(21-11-13-23(38-2)14-12-21)35-30(37)25(40-31(35)32-20)19-24-15-16-26(39-24)34-17-7-4-8-18-34/h3,5-6,9-16,19,28H,4,7-8,17-18H2,1-2H3,(H,33,36)/b25-19+. The van der Waals surface area contributed by atoms with E-state index in [0.717, 1.165) is 37.4 Å². The minimum atomic E-state index is -0.659. The molecule has 6 rings (SSSR count). The fourth-order valence-electron chi connectivity index (χ4n) is 5.27. The molecule has 0 radical (unpaired) electrons. The number of nitrogens with zero attached hydrogens (tertiary/aromatic N) is 3. The second-order valence-corrected chi connectivity index (χ2v) is 10.9. The van der Waals surface area contributed by atoms with Crippen LogP contribution in [-0.2, 0) is 4.79 Å². The lowest BCUT2D eigenvalue weighted by Crippen LogP contribution is -2.40. The summed E-state index contributed by atoms with van der Waals surface area (Å²) in [5.41, 5.74) is 2.20. The van der Waals surface area contributed by atoms with Gasteiger partial charge in [-0.2, -0.15) is 0 Å². The number of methoxy groups -OCH3 is 1. The minimum Gasteiger partial charge on any atom is -0.497 e. The van der Waals surface area contributed by atoms with Crippen LogP contribution in [0.15, 0.2) is 92.2 Å². The summed E-state index contributed by atoms with van der Waals surface area (Å²) in [6.45, 7) is 3.76. The third kappa shape index (κ3) is 5.00. The van der Waals surface area contributed by atoms with E-state index < -0.39 is 6.04 Å².